The van der Waals surface area contributed by atoms with Crippen LogP contribution in [0, 0.1) is 0 Å². The molecule has 0 radical (unpaired) electrons. The fourth-order valence-electron chi connectivity index (χ4n) is 0.644. The molecule has 1 aromatic rings. The molecule has 0 aliphatic carbocycles. The Bertz CT molecular complexity index is 360. The van der Waals surface area contributed by atoms with E-state index in [1.165, 1.54) is 18.2 Å². The molecule has 4 nitrogen and oxygen atoms in total. The molecule has 0 aromatic heterocycles. The minimum atomic E-state index is -4.19. The molecule has 0 fully saturated rings. The van der Waals surface area contributed by atoms with Gasteiger partial charge in [-0.1, -0.05) is 6.07 Å². The molecular formula is C6H7LiO4S. The Morgan fingerprint density at radius 3 is 2.17 bits per heavy atom. The Morgan fingerprint density at radius 2 is 1.83 bits per heavy atom. The van der Waals surface area contributed by atoms with Crippen LogP contribution in [0.25, 0.3) is 0 Å². The molecule has 0 saturated carbocycles. The van der Waals surface area contributed by atoms with Crippen molar-refractivity contribution in [1.82, 2.24) is 0 Å². The summed E-state index contributed by atoms with van der Waals surface area (Å²) >= 11 is 0. The van der Waals surface area contributed by atoms with Crippen molar-refractivity contribution in [1.29, 1.82) is 0 Å². The standard InChI is InChI=1S/C6H6O4S.Li.H/c7-5-2-1-3-6(4-5)11(8,9)10;;/h1-4,7H,(H,8,9,10);;. The number of rotatable bonds is 1. The molecule has 0 bridgehead atoms. The van der Waals surface area contributed by atoms with E-state index in [1.807, 2.05) is 0 Å². The van der Waals surface area contributed by atoms with Crippen molar-refractivity contribution in [3.63, 3.8) is 0 Å². The minimum absolute atomic E-state index is 0. The van der Waals surface area contributed by atoms with Crippen LogP contribution in [-0.4, -0.2) is 36.9 Å². The second kappa shape index (κ2) is 3.96. The molecule has 6 heteroatoms. The summed E-state index contributed by atoms with van der Waals surface area (Å²) in [5, 5.41) is 8.80. The van der Waals surface area contributed by atoms with Gasteiger partial charge in [0.15, 0.2) is 0 Å². The van der Waals surface area contributed by atoms with Gasteiger partial charge in [0.05, 0.1) is 4.90 Å². The first kappa shape index (κ1) is 11.5. The maximum atomic E-state index is 10.4. The molecule has 0 aliphatic heterocycles. The summed E-state index contributed by atoms with van der Waals surface area (Å²) in [4.78, 5) is -0.308. The summed E-state index contributed by atoms with van der Waals surface area (Å²) in [7, 11) is -4.19. The van der Waals surface area contributed by atoms with Gasteiger partial charge in [-0.05, 0) is 12.1 Å². The van der Waals surface area contributed by atoms with E-state index in [1.54, 1.807) is 0 Å². The monoisotopic (exact) mass is 182 g/mol. The molecule has 1 rings (SSSR count). The van der Waals surface area contributed by atoms with E-state index in [9.17, 15) is 8.42 Å². The van der Waals surface area contributed by atoms with Gasteiger partial charge in [-0.15, -0.1) is 0 Å². The summed E-state index contributed by atoms with van der Waals surface area (Å²) in [5.41, 5.74) is 0. The molecule has 62 valence electrons. The molecule has 0 spiro atoms. The Hall–Kier alpha value is -0.473. The van der Waals surface area contributed by atoms with Crippen molar-refractivity contribution < 1.29 is 18.1 Å². The van der Waals surface area contributed by atoms with Gasteiger partial charge < -0.3 is 5.11 Å². The molecule has 0 amide bonds. The fraction of sp³-hybridized carbons (Fsp3) is 0. The van der Waals surface area contributed by atoms with Gasteiger partial charge in [-0.2, -0.15) is 8.42 Å². The number of phenolic OH excluding ortho intramolecular Hbond substituents is 1. The molecule has 0 saturated heterocycles. The van der Waals surface area contributed by atoms with Crippen molar-refractivity contribution in [3.05, 3.63) is 24.3 Å². The zero-order valence-corrected chi connectivity index (χ0v) is 6.25. The van der Waals surface area contributed by atoms with Crippen LogP contribution in [0.5, 0.6) is 5.75 Å². The summed E-state index contributed by atoms with van der Waals surface area (Å²) in [5.74, 6) is -0.194. The van der Waals surface area contributed by atoms with E-state index >= 15 is 0 Å². The summed E-state index contributed by atoms with van der Waals surface area (Å²) in [6, 6.07) is 4.80. The summed E-state index contributed by atoms with van der Waals surface area (Å²) in [6.45, 7) is 0. The normalized spacial score (nSPS) is 10.4. The van der Waals surface area contributed by atoms with Crippen LogP contribution in [0.3, 0.4) is 0 Å². The molecule has 12 heavy (non-hydrogen) atoms. The van der Waals surface area contributed by atoms with Gasteiger partial charge in [0.25, 0.3) is 10.1 Å². The number of hydrogen-bond donors (Lipinski definition) is 2. The predicted molar refractivity (Wildman–Crippen MR) is 45.1 cm³/mol. The second-order valence-electron chi connectivity index (χ2n) is 1.97. The average molecular weight is 182 g/mol. The molecule has 1 aromatic carbocycles. The second-order valence-corrected chi connectivity index (χ2v) is 3.39. The zero-order valence-electron chi connectivity index (χ0n) is 5.43. The molecule has 2 N–H and O–H groups in total. The molecule has 0 aliphatic rings. The van der Waals surface area contributed by atoms with Crippen LogP contribution in [0.4, 0.5) is 0 Å². The van der Waals surface area contributed by atoms with Crippen LogP contribution in [0.15, 0.2) is 29.2 Å². The van der Waals surface area contributed by atoms with Crippen LogP contribution < -0.4 is 0 Å². The van der Waals surface area contributed by atoms with Crippen molar-refractivity contribution in [3.8, 4) is 5.75 Å². The van der Waals surface area contributed by atoms with E-state index < -0.39 is 10.1 Å². The third-order valence-electron chi connectivity index (χ3n) is 1.12. The zero-order chi connectivity index (χ0) is 8.48. The van der Waals surface area contributed by atoms with Crippen LogP contribution in [0.2, 0.25) is 0 Å². The summed E-state index contributed by atoms with van der Waals surface area (Å²) < 4.78 is 29.3. The number of phenols is 1. The maximum absolute atomic E-state index is 10.4. The Kier molecular flexibility index (Phi) is 3.81. The van der Waals surface area contributed by atoms with Crippen molar-refractivity contribution in [2.24, 2.45) is 0 Å². The first-order chi connectivity index (χ1) is 5.00. The Balaban J connectivity index is 0.00000121. The van der Waals surface area contributed by atoms with Crippen LogP contribution in [-0.2, 0) is 10.1 Å². The van der Waals surface area contributed by atoms with Crippen molar-refractivity contribution in [2.45, 2.75) is 4.90 Å². The molecule has 0 atom stereocenters. The van der Waals surface area contributed by atoms with E-state index in [4.69, 9.17) is 9.66 Å². The first-order valence-electron chi connectivity index (χ1n) is 2.77. The average Bonchev–Trinajstić information content (AvgIpc) is 1.86. The predicted octanol–water partition coefficient (Wildman–Crippen LogP) is -0.00960. The Labute approximate surface area is 82.2 Å². The van der Waals surface area contributed by atoms with Gasteiger partial charge in [0.1, 0.15) is 5.75 Å². The number of benzene rings is 1. The summed E-state index contributed by atoms with van der Waals surface area (Å²) in [6.07, 6.45) is 0. The van der Waals surface area contributed by atoms with Gasteiger partial charge in [0.2, 0.25) is 0 Å². The van der Waals surface area contributed by atoms with Crippen molar-refractivity contribution >= 4 is 29.0 Å². The number of aromatic hydroxyl groups is 1. The third kappa shape index (κ3) is 2.87. The molecule has 0 heterocycles. The first-order valence-corrected chi connectivity index (χ1v) is 4.21. The number of hydrogen-bond acceptors (Lipinski definition) is 3. The van der Waals surface area contributed by atoms with Crippen LogP contribution in [0.1, 0.15) is 0 Å². The van der Waals surface area contributed by atoms with Gasteiger partial charge in [-0.25, -0.2) is 0 Å². The quantitative estimate of drug-likeness (QED) is 0.473. The molecular weight excluding hydrogens is 175 g/mol. The van der Waals surface area contributed by atoms with Crippen molar-refractivity contribution in [2.75, 3.05) is 0 Å². The van der Waals surface area contributed by atoms with E-state index in [0.717, 1.165) is 6.07 Å². The van der Waals surface area contributed by atoms with E-state index in [0.29, 0.717) is 0 Å². The van der Waals surface area contributed by atoms with Gasteiger partial charge >= 0.3 is 18.9 Å². The molecule has 0 unspecified atom stereocenters. The van der Waals surface area contributed by atoms with Gasteiger partial charge in [0, 0.05) is 6.07 Å². The topological polar surface area (TPSA) is 74.6 Å². The third-order valence-corrected chi connectivity index (χ3v) is 1.97. The van der Waals surface area contributed by atoms with Crippen LogP contribution >= 0.6 is 0 Å². The fourth-order valence-corrected chi connectivity index (χ4v) is 1.16. The SMILES string of the molecule is O=S(=O)(O)c1cccc(O)c1.[LiH]. The Morgan fingerprint density at radius 1 is 1.25 bits per heavy atom. The van der Waals surface area contributed by atoms with E-state index in [2.05, 4.69) is 0 Å². The van der Waals surface area contributed by atoms with Gasteiger partial charge in [-0.3, -0.25) is 4.55 Å². The van der Waals surface area contributed by atoms with E-state index in [-0.39, 0.29) is 29.5 Å².